The maximum absolute atomic E-state index is 12.4. The molecule has 1 aromatic carbocycles. The van der Waals surface area contributed by atoms with Gasteiger partial charge in [-0.3, -0.25) is 4.79 Å². The van der Waals surface area contributed by atoms with Crippen molar-refractivity contribution in [1.29, 1.82) is 0 Å². The molecule has 0 spiro atoms. The van der Waals surface area contributed by atoms with Crippen molar-refractivity contribution in [3.05, 3.63) is 54.1 Å². The molecular weight excluding hydrogens is 238 g/mol. The molecule has 0 amide bonds. The summed E-state index contributed by atoms with van der Waals surface area (Å²) in [7, 11) is 0. The van der Waals surface area contributed by atoms with E-state index in [1.54, 1.807) is 13.1 Å². The number of rotatable bonds is 5. The number of hydrogen-bond donors (Lipinski definition) is 1. The molecule has 1 heterocycles. The normalized spacial score (nSPS) is 14.1. The number of nitrogens with zero attached hydrogens (tertiary/aromatic N) is 2. The van der Waals surface area contributed by atoms with Gasteiger partial charge in [-0.15, -0.1) is 0 Å². The lowest BCUT2D eigenvalue weighted by molar-refractivity contribution is -0.123. The Bertz CT molecular complexity index is 558. The van der Waals surface area contributed by atoms with Crippen LogP contribution in [0.25, 0.3) is 0 Å². The molecule has 0 fully saturated rings. The van der Waals surface area contributed by atoms with Gasteiger partial charge in [0.05, 0.1) is 12.0 Å². The summed E-state index contributed by atoms with van der Waals surface area (Å²) < 4.78 is 1.96. The smallest absolute Gasteiger partial charge is 0.164 e. The minimum atomic E-state index is -0.980. The fourth-order valence-electron chi connectivity index (χ4n) is 2.07. The molecule has 0 saturated heterocycles. The van der Waals surface area contributed by atoms with Crippen molar-refractivity contribution < 1.29 is 4.79 Å². The van der Waals surface area contributed by atoms with Crippen LogP contribution in [-0.2, 0) is 23.3 Å². The summed E-state index contributed by atoms with van der Waals surface area (Å²) in [4.78, 5) is 16.6. The van der Waals surface area contributed by atoms with Gasteiger partial charge in [0.2, 0.25) is 0 Å². The maximum Gasteiger partial charge on any atom is 0.164 e. The second-order valence-electron chi connectivity index (χ2n) is 4.80. The van der Waals surface area contributed by atoms with Crippen LogP contribution in [0.5, 0.6) is 0 Å². The van der Waals surface area contributed by atoms with Crippen molar-refractivity contribution in [3.63, 3.8) is 0 Å². The van der Waals surface area contributed by atoms with Gasteiger partial charge in [0.1, 0.15) is 5.82 Å². The zero-order valence-corrected chi connectivity index (χ0v) is 11.3. The van der Waals surface area contributed by atoms with E-state index in [-0.39, 0.29) is 12.2 Å². The molecule has 4 heteroatoms. The SMILES string of the molecule is CCn1ccnc1CC(=O)C(C)(N)c1ccccc1. The van der Waals surface area contributed by atoms with Crippen LogP contribution in [0.4, 0.5) is 0 Å². The van der Waals surface area contributed by atoms with Gasteiger partial charge in [-0.05, 0) is 19.4 Å². The third-order valence-corrected chi connectivity index (χ3v) is 3.41. The zero-order valence-electron chi connectivity index (χ0n) is 11.3. The van der Waals surface area contributed by atoms with Crippen molar-refractivity contribution in [3.8, 4) is 0 Å². The zero-order chi connectivity index (χ0) is 13.9. The topological polar surface area (TPSA) is 60.9 Å². The highest BCUT2D eigenvalue weighted by atomic mass is 16.1. The number of ketones is 1. The first kappa shape index (κ1) is 13.5. The van der Waals surface area contributed by atoms with E-state index in [1.165, 1.54) is 0 Å². The minimum Gasteiger partial charge on any atom is -0.335 e. The molecule has 1 aromatic heterocycles. The quantitative estimate of drug-likeness (QED) is 0.889. The van der Waals surface area contributed by atoms with E-state index in [0.717, 1.165) is 17.9 Å². The number of hydrogen-bond acceptors (Lipinski definition) is 3. The Balaban J connectivity index is 2.20. The number of carbonyl (C=O) groups excluding carboxylic acids is 1. The molecule has 0 radical (unpaired) electrons. The summed E-state index contributed by atoms with van der Waals surface area (Å²) in [6, 6.07) is 9.45. The number of aromatic nitrogens is 2. The monoisotopic (exact) mass is 257 g/mol. The molecule has 2 N–H and O–H groups in total. The molecule has 4 nitrogen and oxygen atoms in total. The number of imidazole rings is 1. The lowest BCUT2D eigenvalue weighted by Gasteiger charge is -2.23. The van der Waals surface area contributed by atoms with E-state index in [0.29, 0.717) is 0 Å². The number of aryl methyl sites for hydroxylation is 1. The minimum absolute atomic E-state index is 0.0281. The first-order chi connectivity index (χ1) is 9.05. The molecule has 0 aliphatic heterocycles. The Morgan fingerprint density at radius 2 is 2.05 bits per heavy atom. The highest BCUT2D eigenvalue weighted by molar-refractivity contribution is 5.90. The summed E-state index contributed by atoms with van der Waals surface area (Å²) in [5.74, 6) is 0.736. The van der Waals surface area contributed by atoms with Crippen LogP contribution in [-0.4, -0.2) is 15.3 Å². The molecular formula is C15H19N3O. The average molecular weight is 257 g/mol. The number of Topliss-reactive ketones (excluding diaryl/α,β-unsaturated/α-hetero) is 1. The van der Waals surface area contributed by atoms with Crippen molar-refractivity contribution in [1.82, 2.24) is 9.55 Å². The van der Waals surface area contributed by atoms with Crippen LogP contribution in [0, 0.1) is 0 Å². The Hall–Kier alpha value is -1.94. The van der Waals surface area contributed by atoms with Crippen LogP contribution in [0.3, 0.4) is 0 Å². The highest BCUT2D eigenvalue weighted by Gasteiger charge is 2.30. The second-order valence-corrected chi connectivity index (χ2v) is 4.80. The molecule has 0 aliphatic carbocycles. The van der Waals surface area contributed by atoms with Crippen LogP contribution in [0.2, 0.25) is 0 Å². The van der Waals surface area contributed by atoms with E-state index in [2.05, 4.69) is 4.98 Å². The number of nitrogens with two attached hydrogens (primary N) is 1. The summed E-state index contributed by atoms with van der Waals surface area (Å²) in [5.41, 5.74) is 6.05. The van der Waals surface area contributed by atoms with E-state index in [4.69, 9.17) is 5.73 Å². The van der Waals surface area contributed by atoms with Gasteiger partial charge in [-0.2, -0.15) is 0 Å². The number of benzene rings is 1. The summed E-state index contributed by atoms with van der Waals surface area (Å²) in [6.07, 6.45) is 3.84. The van der Waals surface area contributed by atoms with Crippen molar-refractivity contribution >= 4 is 5.78 Å². The summed E-state index contributed by atoms with van der Waals surface area (Å²) >= 11 is 0. The van der Waals surface area contributed by atoms with Crippen molar-refractivity contribution in [2.45, 2.75) is 32.4 Å². The molecule has 0 saturated carbocycles. The predicted octanol–water partition coefficient (Wildman–Crippen LogP) is 1.89. The summed E-state index contributed by atoms with van der Waals surface area (Å²) in [5, 5.41) is 0. The second kappa shape index (κ2) is 5.36. The molecule has 1 atom stereocenters. The van der Waals surface area contributed by atoms with Gasteiger partial charge >= 0.3 is 0 Å². The molecule has 2 rings (SSSR count). The van der Waals surface area contributed by atoms with Gasteiger partial charge in [0.25, 0.3) is 0 Å². The van der Waals surface area contributed by atoms with Gasteiger partial charge < -0.3 is 10.3 Å². The number of carbonyl (C=O) groups is 1. The Kier molecular flexibility index (Phi) is 3.81. The first-order valence-electron chi connectivity index (χ1n) is 6.43. The largest absolute Gasteiger partial charge is 0.335 e. The van der Waals surface area contributed by atoms with E-state index < -0.39 is 5.54 Å². The standard InChI is InChI=1S/C15H19N3O/c1-3-18-10-9-17-14(18)11-13(19)15(2,16)12-7-5-4-6-8-12/h4-10H,3,11,16H2,1-2H3. The molecule has 0 bridgehead atoms. The third-order valence-electron chi connectivity index (χ3n) is 3.41. The van der Waals surface area contributed by atoms with Crippen LogP contribution in [0.1, 0.15) is 25.2 Å². The fourth-order valence-corrected chi connectivity index (χ4v) is 2.07. The Morgan fingerprint density at radius 3 is 2.68 bits per heavy atom. The van der Waals surface area contributed by atoms with Gasteiger partial charge in [0.15, 0.2) is 5.78 Å². The van der Waals surface area contributed by atoms with Crippen molar-refractivity contribution in [2.24, 2.45) is 5.73 Å². The molecule has 19 heavy (non-hydrogen) atoms. The lowest BCUT2D eigenvalue weighted by Crippen LogP contribution is -2.43. The van der Waals surface area contributed by atoms with Gasteiger partial charge in [-0.1, -0.05) is 30.3 Å². The highest BCUT2D eigenvalue weighted by Crippen LogP contribution is 2.20. The van der Waals surface area contributed by atoms with Crippen LogP contribution in [0.15, 0.2) is 42.7 Å². The summed E-state index contributed by atoms with van der Waals surface area (Å²) in [6.45, 7) is 4.58. The average Bonchev–Trinajstić information content (AvgIpc) is 2.87. The van der Waals surface area contributed by atoms with Crippen molar-refractivity contribution in [2.75, 3.05) is 0 Å². The van der Waals surface area contributed by atoms with Gasteiger partial charge in [-0.25, -0.2) is 4.98 Å². The Labute approximate surface area is 113 Å². The fraction of sp³-hybridized carbons (Fsp3) is 0.333. The molecule has 2 aromatic rings. The predicted molar refractivity (Wildman–Crippen MR) is 74.6 cm³/mol. The van der Waals surface area contributed by atoms with Crippen LogP contribution >= 0.6 is 0 Å². The van der Waals surface area contributed by atoms with E-state index in [1.807, 2.05) is 48.0 Å². The first-order valence-corrected chi connectivity index (χ1v) is 6.43. The van der Waals surface area contributed by atoms with Gasteiger partial charge in [0, 0.05) is 18.9 Å². The Morgan fingerprint density at radius 1 is 1.37 bits per heavy atom. The maximum atomic E-state index is 12.4. The molecule has 0 aliphatic rings. The van der Waals surface area contributed by atoms with Crippen LogP contribution < -0.4 is 5.73 Å². The third kappa shape index (κ3) is 2.74. The lowest BCUT2D eigenvalue weighted by atomic mass is 9.87. The molecule has 100 valence electrons. The molecule has 1 unspecified atom stereocenters. The van der Waals surface area contributed by atoms with E-state index in [9.17, 15) is 4.79 Å². The van der Waals surface area contributed by atoms with E-state index >= 15 is 0 Å².